The highest BCUT2D eigenvalue weighted by Gasteiger charge is 2.30. The lowest BCUT2D eigenvalue weighted by atomic mass is 9.78. The topological polar surface area (TPSA) is 29.3 Å². The van der Waals surface area contributed by atoms with Crippen molar-refractivity contribution in [3.05, 3.63) is 0 Å². The fourth-order valence-corrected chi connectivity index (χ4v) is 3.42. The molecule has 0 aromatic carbocycles. The third-order valence-corrected chi connectivity index (χ3v) is 4.51. The molecule has 1 fully saturated rings. The third kappa shape index (κ3) is 4.55. The predicted octanol–water partition coefficient (Wildman–Crippen LogP) is 3.51. The van der Waals surface area contributed by atoms with Crippen LogP contribution in [0.2, 0.25) is 0 Å². The fraction of sp³-hybridized carbons (Fsp3) is 1.00. The van der Waals surface area contributed by atoms with Crippen LogP contribution in [0.1, 0.15) is 60.3 Å². The van der Waals surface area contributed by atoms with Gasteiger partial charge in [0.25, 0.3) is 0 Å². The maximum atomic E-state index is 6.11. The van der Waals surface area contributed by atoms with E-state index < -0.39 is 0 Å². The lowest BCUT2D eigenvalue weighted by Crippen LogP contribution is -2.50. The number of hydrogen-bond donors (Lipinski definition) is 1. The quantitative estimate of drug-likeness (QED) is 0.786. The molecule has 0 radical (unpaired) electrons. The maximum Gasteiger partial charge on any atom is 0.0249 e. The van der Waals surface area contributed by atoms with Crippen molar-refractivity contribution in [2.75, 3.05) is 13.1 Å². The molecule has 0 aromatic heterocycles. The highest BCUT2D eigenvalue weighted by Crippen LogP contribution is 2.32. The van der Waals surface area contributed by atoms with Crippen LogP contribution >= 0.6 is 0 Å². The number of hydrogen-bond acceptors (Lipinski definition) is 2. The first-order valence-corrected chi connectivity index (χ1v) is 7.91. The Morgan fingerprint density at radius 3 is 2.00 bits per heavy atom. The molecule has 1 saturated carbocycles. The van der Waals surface area contributed by atoms with E-state index in [0.29, 0.717) is 12.1 Å². The summed E-state index contributed by atoms with van der Waals surface area (Å²) in [7, 11) is 0. The molecule has 0 saturated heterocycles. The standard InChI is InChI=1S/C16H34N2/c1-12(2)11-18(13(3)4)16(10-17)15-8-6-14(5)7-9-15/h12-16H,6-11,17H2,1-5H3. The van der Waals surface area contributed by atoms with Crippen molar-refractivity contribution in [1.29, 1.82) is 0 Å². The monoisotopic (exact) mass is 254 g/mol. The molecule has 1 unspecified atom stereocenters. The Hall–Kier alpha value is -0.0800. The highest BCUT2D eigenvalue weighted by molar-refractivity contribution is 4.85. The lowest BCUT2D eigenvalue weighted by Gasteiger charge is -2.42. The summed E-state index contributed by atoms with van der Waals surface area (Å²) in [6.45, 7) is 13.7. The minimum absolute atomic E-state index is 0.597. The summed E-state index contributed by atoms with van der Waals surface area (Å²) in [5.41, 5.74) is 6.11. The minimum Gasteiger partial charge on any atom is -0.329 e. The van der Waals surface area contributed by atoms with E-state index in [0.717, 1.165) is 24.3 Å². The van der Waals surface area contributed by atoms with Gasteiger partial charge in [-0.3, -0.25) is 4.90 Å². The molecule has 1 aliphatic carbocycles. The second-order valence-electron chi connectivity index (χ2n) is 7.01. The van der Waals surface area contributed by atoms with E-state index in [4.69, 9.17) is 5.73 Å². The first kappa shape index (κ1) is 16.0. The van der Waals surface area contributed by atoms with Crippen molar-refractivity contribution in [3.63, 3.8) is 0 Å². The smallest absolute Gasteiger partial charge is 0.0249 e. The lowest BCUT2D eigenvalue weighted by molar-refractivity contribution is 0.0741. The summed E-state index contributed by atoms with van der Waals surface area (Å²) in [5, 5.41) is 0. The van der Waals surface area contributed by atoms with E-state index in [2.05, 4.69) is 39.5 Å². The Kier molecular flexibility index (Phi) is 6.65. The van der Waals surface area contributed by atoms with E-state index in [-0.39, 0.29) is 0 Å². The second kappa shape index (κ2) is 7.49. The van der Waals surface area contributed by atoms with Crippen LogP contribution in [0.3, 0.4) is 0 Å². The minimum atomic E-state index is 0.597. The van der Waals surface area contributed by atoms with Gasteiger partial charge in [0.05, 0.1) is 0 Å². The summed E-state index contributed by atoms with van der Waals surface area (Å²) in [5.74, 6) is 2.48. The summed E-state index contributed by atoms with van der Waals surface area (Å²) >= 11 is 0. The molecule has 2 nitrogen and oxygen atoms in total. The summed E-state index contributed by atoms with van der Waals surface area (Å²) < 4.78 is 0. The molecule has 0 aromatic rings. The van der Waals surface area contributed by atoms with Gasteiger partial charge in [0.1, 0.15) is 0 Å². The summed E-state index contributed by atoms with van der Waals surface area (Å²) in [6, 6.07) is 1.21. The van der Waals surface area contributed by atoms with Crippen molar-refractivity contribution >= 4 is 0 Å². The van der Waals surface area contributed by atoms with Crippen molar-refractivity contribution in [2.24, 2.45) is 23.5 Å². The van der Waals surface area contributed by atoms with E-state index in [1.165, 1.54) is 32.2 Å². The van der Waals surface area contributed by atoms with Gasteiger partial charge in [-0.05, 0) is 44.4 Å². The zero-order chi connectivity index (χ0) is 13.7. The van der Waals surface area contributed by atoms with Crippen LogP contribution in [0.4, 0.5) is 0 Å². The SMILES string of the molecule is CC(C)CN(C(C)C)C(CN)C1CCC(C)CC1. The van der Waals surface area contributed by atoms with Crippen LogP contribution in [0.5, 0.6) is 0 Å². The average Bonchev–Trinajstić information content (AvgIpc) is 2.30. The Morgan fingerprint density at radius 1 is 1.06 bits per heavy atom. The van der Waals surface area contributed by atoms with Crippen LogP contribution in [0, 0.1) is 17.8 Å². The van der Waals surface area contributed by atoms with Gasteiger partial charge in [0, 0.05) is 25.2 Å². The highest BCUT2D eigenvalue weighted by atomic mass is 15.2. The van der Waals surface area contributed by atoms with Gasteiger partial charge in [-0.1, -0.05) is 33.6 Å². The van der Waals surface area contributed by atoms with Crippen molar-refractivity contribution in [2.45, 2.75) is 72.4 Å². The normalized spacial score (nSPS) is 27.2. The van der Waals surface area contributed by atoms with Gasteiger partial charge in [-0.15, -0.1) is 0 Å². The molecule has 0 amide bonds. The number of rotatable bonds is 6. The van der Waals surface area contributed by atoms with E-state index >= 15 is 0 Å². The zero-order valence-electron chi connectivity index (χ0n) is 13.2. The number of nitrogens with zero attached hydrogens (tertiary/aromatic N) is 1. The zero-order valence-corrected chi connectivity index (χ0v) is 13.2. The molecular weight excluding hydrogens is 220 g/mol. The van der Waals surface area contributed by atoms with Crippen molar-refractivity contribution in [3.8, 4) is 0 Å². The molecule has 2 N–H and O–H groups in total. The van der Waals surface area contributed by atoms with E-state index in [9.17, 15) is 0 Å². The third-order valence-electron chi connectivity index (χ3n) is 4.51. The molecule has 0 bridgehead atoms. The van der Waals surface area contributed by atoms with E-state index in [1.807, 2.05) is 0 Å². The van der Waals surface area contributed by atoms with Crippen LogP contribution in [0.15, 0.2) is 0 Å². The molecule has 18 heavy (non-hydrogen) atoms. The Morgan fingerprint density at radius 2 is 1.61 bits per heavy atom. The molecule has 0 spiro atoms. The summed E-state index contributed by atoms with van der Waals surface area (Å²) in [6.07, 6.45) is 5.55. The first-order valence-electron chi connectivity index (χ1n) is 7.91. The molecular formula is C16H34N2. The van der Waals surface area contributed by atoms with Crippen LogP contribution in [0.25, 0.3) is 0 Å². The van der Waals surface area contributed by atoms with E-state index in [1.54, 1.807) is 0 Å². The van der Waals surface area contributed by atoms with Gasteiger partial charge in [0.15, 0.2) is 0 Å². The van der Waals surface area contributed by atoms with Gasteiger partial charge < -0.3 is 5.73 Å². The number of nitrogens with two attached hydrogens (primary N) is 1. The Labute approximate surface area is 114 Å². The van der Waals surface area contributed by atoms with Crippen LogP contribution < -0.4 is 5.73 Å². The molecule has 0 heterocycles. The fourth-order valence-electron chi connectivity index (χ4n) is 3.42. The predicted molar refractivity (Wildman–Crippen MR) is 80.6 cm³/mol. The molecule has 108 valence electrons. The van der Waals surface area contributed by atoms with Gasteiger partial charge >= 0.3 is 0 Å². The molecule has 1 atom stereocenters. The molecule has 2 heteroatoms. The van der Waals surface area contributed by atoms with Gasteiger partial charge in [-0.25, -0.2) is 0 Å². The second-order valence-corrected chi connectivity index (χ2v) is 7.01. The first-order chi connectivity index (χ1) is 8.45. The van der Waals surface area contributed by atoms with Gasteiger partial charge in [0.2, 0.25) is 0 Å². The van der Waals surface area contributed by atoms with Gasteiger partial charge in [-0.2, -0.15) is 0 Å². The molecule has 1 rings (SSSR count). The Balaban J connectivity index is 2.66. The van der Waals surface area contributed by atoms with Crippen LogP contribution in [-0.2, 0) is 0 Å². The van der Waals surface area contributed by atoms with Crippen molar-refractivity contribution < 1.29 is 0 Å². The van der Waals surface area contributed by atoms with Crippen LogP contribution in [-0.4, -0.2) is 30.1 Å². The summed E-state index contributed by atoms with van der Waals surface area (Å²) in [4.78, 5) is 2.66. The average molecular weight is 254 g/mol. The Bertz CT molecular complexity index is 217. The molecule has 0 aliphatic heterocycles. The largest absolute Gasteiger partial charge is 0.329 e. The maximum absolute atomic E-state index is 6.11. The van der Waals surface area contributed by atoms with Crippen molar-refractivity contribution in [1.82, 2.24) is 4.90 Å². The molecule has 1 aliphatic rings.